The van der Waals surface area contributed by atoms with Gasteiger partial charge in [0.25, 0.3) is 0 Å². The summed E-state index contributed by atoms with van der Waals surface area (Å²) in [5.74, 6) is -0.257. The highest BCUT2D eigenvalue weighted by Gasteiger charge is 2.11. The van der Waals surface area contributed by atoms with Crippen molar-refractivity contribution in [3.8, 4) is 5.69 Å². The van der Waals surface area contributed by atoms with Gasteiger partial charge in [-0.15, -0.1) is 0 Å². The van der Waals surface area contributed by atoms with Crippen molar-refractivity contribution in [1.29, 1.82) is 0 Å². The van der Waals surface area contributed by atoms with Crippen LogP contribution in [0.4, 0.5) is 4.39 Å². The van der Waals surface area contributed by atoms with E-state index in [-0.39, 0.29) is 5.82 Å². The van der Waals surface area contributed by atoms with Crippen LogP contribution in [0.15, 0.2) is 59.5 Å². The lowest BCUT2D eigenvalue weighted by atomic mass is 10.1. The van der Waals surface area contributed by atoms with Gasteiger partial charge in [0.2, 0.25) is 0 Å². The van der Waals surface area contributed by atoms with Crippen LogP contribution in [-0.2, 0) is 0 Å². The van der Waals surface area contributed by atoms with Crippen molar-refractivity contribution >= 4 is 37.6 Å². The van der Waals surface area contributed by atoms with Gasteiger partial charge in [-0.05, 0) is 36.4 Å². The number of aromatic nitrogens is 3. The van der Waals surface area contributed by atoms with Gasteiger partial charge in [0.05, 0.1) is 17.4 Å². The quantitative estimate of drug-likeness (QED) is 0.511. The molecule has 0 bridgehead atoms. The van der Waals surface area contributed by atoms with Crippen molar-refractivity contribution in [1.82, 2.24) is 14.8 Å². The summed E-state index contributed by atoms with van der Waals surface area (Å²) in [6.45, 7) is 0. The molecular formula is C16H9BrFN3. The summed E-state index contributed by atoms with van der Waals surface area (Å²) in [5.41, 5.74) is 1.81. The number of rotatable bonds is 1. The van der Waals surface area contributed by atoms with Crippen molar-refractivity contribution in [2.24, 2.45) is 0 Å². The Balaban J connectivity index is 2.11. The summed E-state index contributed by atoms with van der Waals surface area (Å²) in [7, 11) is 0. The van der Waals surface area contributed by atoms with Crippen LogP contribution in [0, 0.1) is 5.82 Å². The maximum atomic E-state index is 13.1. The maximum absolute atomic E-state index is 13.1. The molecule has 4 aromatic rings. The second-order valence-corrected chi connectivity index (χ2v) is 5.60. The molecule has 0 fully saturated rings. The van der Waals surface area contributed by atoms with E-state index in [1.54, 1.807) is 18.3 Å². The van der Waals surface area contributed by atoms with E-state index >= 15 is 0 Å². The van der Waals surface area contributed by atoms with Crippen LogP contribution in [-0.4, -0.2) is 14.8 Å². The Morgan fingerprint density at radius 2 is 1.81 bits per heavy atom. The summed E-state index contributed by atoms with van der Waals surface area (Å²) in [5, 5.41) is 7.53. The highest BCUT2D eigenvalue weighted by atomic mass is 79.9. The van der Waals surface area contributed by atoms with Crippen molar-refractivity contribution in [3.63, 3.8) is 0 Å². The molecule has 0 atom stereocenters. The zero-order valence-corrected chi connectivity index (χ0v) is 12.4. The van der Waals surface area contributed by atoms with Gasteiger partial charge in [0, 0.05) is 33.0 Å². The number of hydrogen-bond donors (Lipinski definition) is 0. The molecule has 3 nitrogen and oxygen atoms in total. The Hall–Kier alpha value is -2.27. The summed E-state index contributed by atoms with van der Waals surface area (Å²) >= 11 is 3.57. The summed E-state index contributed by atoms with van der Waals surface area (Å²) in [6, 6.07) is 10.3. The molecule has 2 aromatic carbocycles. The van der Waals surface area contributed by atoms with Gasteiger partial charge in [-0.2, -0.15) is 5.10 Å². The molecule has 0 amide bonds. The molecule has 0 aliphatic heterocycles. The fourth-order valence-corrected chi connectivity index (χ4v) is 3.08. The van der Waals surface area contributed by atoms with Crippen molar-refractivity contribution < 1.29 is 4.39 Å². The molecule has 2 heterocycles. The van der Waals surface area contributed by atoms with E-state index in [2.05, 4.69) is 26.0 Å². The number of benzene rings is 2. The largest absolute Gasteiger partial charge is 0.264 e. The molecular weight excluding hydrogens is 333 g/mol. The van der Waals surface area contributed by atoms with Gasteiger partial charge in [0.1, 0.15) is 5.82 Å². The molecule has 0 saturated heterocycles. The first-order valence-electron chi connectivity index (χ1n) is 6.40. The van der Waals surface area contributed by atoms with E-state index < -0.39 is 0 Å². The van der Waals surface area contributed by atoms with Crippen LogP contribution >= 0.6 is 15.9 Å². The first kappa shape index (κ1) is 12.5. The van der Waals surface area contributed by atoms with Crippen molar-refractivity contribution in [2.75, 3.05) is 0 Å². The topological polar surface area (TPSA) is 30.7 Å². The molecule has 0 radical (unpaired) electrons. The standard InChI is InChI=1S/C16H9BrFN3/c17-15-7-10-8-20-21(12-3-1-11(18)2-4-12)16(10)13-5-6-19-9-14(13)15/h1-9H. The summed E-state index contributed by atoms with van der Waals surface area (Å²) in [4.78, 5) is 4.17. The lowest BCUT2D eigenvalue weighted by Gasteiger charge is -2.07. The second kappa shape index (κ2) is 4.63. The average Bonchev–Trinajstić information content (AvgIpc) is 2.92. The third-order valence-electron chi connectivity index (χ3n) is 3.48. The van der Waals surface area contributed by atoms with Gasteiger partial charge in [0.15, 0.2) is 0 Å². The van der Waals surface area contributed by atoms with E-state index in [1.165, 1.54) is 12.1 Å². The molecule has 2 aromatic heterocycles. The van der Waals surface area contributed by atoms with E-state index in [9.17, 15) is 4.39 Å². The number of fused-ring (bicyclic) bond motifs is 3. The molecule has 0 saturated carbocycles. The van der Waals surface area contributed by atoms with Crippen LogP contribution in [0.3, 0.4) is 0 Å². The van der Waals surface area contributed by atoms with Gasteiger partial charge in [-0.1, -0.05) is 15.9 Å². The second-order valence-electron chi connectivity index (χ2n) is 4.75. The molecule has 0 spiro atoms. The fraction of sp³-hybridized carbons (Fsp3) is 0. The zero-order valence-electron chi connectivity index (χ0n) is 10.8. The molecule has 4 rings (SSSR count). The smallest absolute Gasteiger partial charge is 0.123 e. The lowest BCUT2D eigenvalue weighted by molar-refractivity contribution is 0.627. The van der Waals surface area contributed by atoms with Crippen LogP contribution in [0.25, 0.3) is 27.4 Å². The molecule has 21 heavy (non-hydrogen) atoms. The molecule has 0 aliphatic rings. The van der Waals surface area contributed by atoms with Crippen molar-refractivity contribution in [2.45, 2.75) is 0 Å². The normalized spacial score (nSPS) is 11.3. The Morgan fingerprint density at radius 3 is 2.62 bits per heavy atom. The third kappa shape index (κ3) is 1.93. The minimum atomic E-state index is -0.257. The molecule has 0 unspecified atom stereocenters. The van der Waals surface area contributed by atoms with Gasteiger partial charge < -0.3 is 0 Å². The Morgan fingerprint density at radius 1 is 1.00 bits per heavy atom. The molecule has 0 aliphatic carbocycles. The van der Waals surface area contributed by atoms with Gasteiger partial charge in [-0.25, -0.2) is 9.07 Å². The first-order valence-corrected chi connectivity index (χ1v) is 7.19. The average molecular weight is 342 g/mol. The van der Waals surface area contributed by atoms with E-state index in [0.29, 0.717) is 0 Å². The SMILES string of the molecule is Fc1ccc(-n2ncc3cc(Br)c4cnccc4c32)cc1. The van der Waals surface area contributed by atoms with E-state index in [4.69, 9.17) is 0 Å². The Kier molecular flexibility index (Phi) is 2.75. The van der Waals surface area contributed by atoms with Crippen LogP contribution in [0.5, 0.6) is 0 Å². The molecule has 0 N–H and O–H groups in total. The molecule has 102 valence electrons. The van der Waals surface area contributed by atoms with E-state index in [0.717, 1.165) is 31.8 Å². The third-order valence-corrected chi connectivity index (χ3v) is 4.14. The summed E-state index contributed by atoms with van der Waals surface area (Å²) < 4.78 is 15.9. The molecule has 5 heteroatoms. The number of pyridine rings is 1. The van der Waals surface area contributed by atoms with E-state index in [1.807, 2.05) is 29.2 Å². The van der Waals surface area contributed by atoms with Gasteiger partial charge in [-0.3, -0.25) is 4.98 Å². The number of nitrogens with zero attached hydrogens (tertiary/aromatic N) is 3. The monoisotopic (exact) mass is 341 g/mol. The minimum Gasteiger partial charge on any atom is -0.264 e. The van der Waals surface area contributed by atoms with Crippen LogP contribution in [0.1, 0.15) is 0 Å². The predicted molar refractivity (Wildman–Crippen MR) is 84.0 cm³/mol. The fourth-order valence-electron chi connectivity index (χ4n) is 2.52. The van der Waals surface area contributed by atoms with Crippen LogP contribution < -0.4 is 0 Å². The minimum absolute atomic E-state index is 0.257. The summed E-state index contributed by atoms with van der Waals surface area (Å²) in [6.07, 6.45) is 5.39. The maximum Gasteiger partial charge on any atom is 0.123 e. The predicted octanol–water partition coefficient (Wildman–Crippen LogP) is 4.48. The van der Waals surface area contributed by atoms with Gasteiger partial charge >= 0.3 is 0 Å². The highest BCUT2D eigenvalue weighted by molar-refractivity contribution is 9.10. The Bertz CT molecular complexity index is 961. The Labute approximate surface area is 128 Å². The first-order chi connectivity index (χ1) is 10.2. The highest BCUT2D eigenvalue weighted by Crippen LogP contribution is 2.32. The lowest BCUT2D eigenvalue weighted by Crippen LogP contribution is -1.96. The number of hydrogen-bond acceptors (Lipinski definition) is 2. The number of halogens is 2. The zero-order chi connectivity index (χ0) is 14.4. The van der Waals surface area contributed by atoms with Crippen LogP contribution in [0.2, 0.25) is 0 Å². The van der Waals surface area contributed by atoms with Crippen molar-refractivity contribution in [3.05, 3.63) is 65.3 Å².